The normalized spacial score (nSPS) is 9.93. The van der Waals surface area contributed by atoms with Crippen LogP contribution in [0.3, 0.4) is 0 Å². The average Bonchev–Trinajstić information content (AvgIpc) is 2.63. The summed E-state index contributed by atoms with van der Waals surface area (Å²) < 4.78 is 0.861. The molecule has 0 bridgehead atoms. The molecule has 1 N–H and O–H groups in total. The lowest BCUT2D eigenvalue weighted by atomic mass is 10.2. The van der Waals surface area contributed by atoms with E-state index in [2.05, 4.69) is 30.9 Å². The largest absolute Gasteiger partial charge is 0.360 e. The van der Waals surface area contributed by atoms with Gasteiger partial charge in [0.25, 0.3) is 5.91 Å². The Morgan fingerprint density at radius 3 is 3.07 bits per heavy atom. The molecule has 6 heteroatoms. The third-order valence-electron chi connectivity index (χ3n) is 2.03. The first-order valence-corrected chi connectivity index (χ1v) is 4.88. The molecule has 0 fully saturated rings. The predicted molar refractivity (Wildman–Crippen MR) is 59.5 cm³/mol. The summed E-state index contributed by atoms with van der Waals surface area (Å²) in [4.78, 5) is 16.8. The third kappa shape index (κ3) is 1.60. The molecule has 0 atom stereocenters. The van der Waals surface area contributed by atoms with Crippen molar-refractivity contribution < 1.29 is 4.79 Å². The number of fused-ring (bicyclic) bond motifs is 1. The van der Waals surface area contributed by atoms with Crippen molar-refractivity contribution in [3.8, 4) is 0 Å². The monoisotopic (exact) mass is 264 g/mol. The molecule has 2 rings (SSSR count). The smallest absolute Gasteiger partial charge is 0.251 e. The lowest BCUT2D eigenvalue weighted by Gasteiger charge is -1.94. The number of rotatable bonds is 1. The highest BCUT2D eigenvalue weighted by Crippen LogP contribution is 2.25. The van der Waals surface area contributed by atoms with Crippen LogP contribution >= 0.6 is 15.9 Å². The van der Waals surface area contributed by atoms with Crippen LogP contribution in [0.4, 0.5) is 0 Å². The second-order valence-electron chi connectivity index (χ2n) is 2.86. The van der Waals surface area contributed by atoms with E-state index in [0.717, 1.165) is 15.4 Å². The van der Waals surface area contributed by atoms with Gasteiger partial charge in [-0.15, -0.1) is 0 Å². The second-order valence-corrected chi connectivity index (χ2v) is 3.71. The summed E-state index contributed by atoms with van der Waals surface area (Å²) in [7, 11) is 0. The number of hydrogen-bond donors (Lipinski definition) is 1. The lowest BCUT2D eigenvalue weighted by molar-refractivity contribution is 0.100. The number of hydrogen-bond acceptors (Lipinski definition) is 1. The maximum absolute atomic E-state index is 11.4. The Bertz CT molecular complexity index is 583. The molecule has 0 saturated heterocycles. The quantitative estimate of drug-likeness (QED) is 0.478. The van der Waals surface area contributed by atoms with Gasteiger partial charge in [-0.2, -0.15) is 0 Å². The minimum absolute atomic E-state index is 0.379. The van der Waals surface area contributed by atoms with Crippen molar-refractivity contribution in [1.29, 1.82) is 0 Å². The van der Waals surface area contributed by atoms with Crippen molar-refractivity contribution in [2.45, 2.75) is 0 Å². The third-order valence-corrected chi connectivity index (χ3v) is 2.69. The van der Waals surface area contributed by atoms with E-state index < -0.39 is 5.91 Å². The summed E-state index contributed by atoms with van der Waals surface area (Å²) >= 11 is 3.35. The molecule has 0 radical (unpaired) electrons. The van der Waals surface area contributed by atoms with E-state index in [1.54, 1.807) is 6.07 Å². The molecule has 74 valence electrons. The summed E-state index contributed by atoms with van der Waals surface area (Å²) in [6.45, 7) is 0. The standard InChI is InChI=1S/C9H5BrN4O/c10-7-3-1-2-5-6(4-12-8(5)7)9(15)13-14-11/h1-4,12H. The number of aromatic nitrogens is 1. The molecule has 1 aromatic carbocycles. The highest BCUT2D eigenvalue weighted by atomic mass is 79.9. The number of azide groups is 1. The van der Waals surface area contributed by atoms with Crippen LogP contribution in [0.25, 0.3) is 21.3 Å². The zero-order valence-corrected chi connectivity index (χ0v) is 9.02. The molecular weight excluding hydrogens is 260 g/mol. The van der Waals surface area contributed by atoms with Crippen LogP contribution in [0.5, 0.6) is 0 Å². The first-order chi connectivity index (χ1) is 7.24. The summed E-state index contributed by atoms with van der Waals surface area (Å²) in [5, 5.41) is 3.79. The average molecular weight is 265 g/mol. The summed E-state index contributed by atoms with van der Waals surface area (Å²) in [6, 6.07) is 5.46. The Labute approximate surface area is 92.8 Å². The molecule has 1 amide bonds. The van der Waals surface area contributed by atoms with Gasteiger partial charge in [-0.3, -0.25) is 4.79 Å². The number of para-hydroxylation sites is 1. The Kier molecular flexibility index (Phi) is 2.45. The molecule has 5 nitrogen and oxygen atoms in total. The summed E-state index contributed by atoms with van der Waals surface area (Å²) in [5.74, 6) is -0.582. The molecule has 0 aliphatic rings. The number of nitrogens with one attached hydrogen (secondary N) is 1. The summed E-state index contributed by atoms with van der Waals surface area (Å²) in [5.41, 5.74) is 9.37. The van der Waals surface area contributed by atoms with E-state index in [-0.39, 0.29) is 0 Å². The van der Waals surface area contributed by atoms with Gasteiger partial charge in [0.15, 0.2) is 0 Å². The van der Waals surface area contributed by atoms with Gasteiger partial charge in [0, 0.05) is 26.5 Å². The first-order valence-electron chi connectivity index (χ1n) is 4.09. The van der Waals surface area contributed by atoms with Gasteiger partial charge in [0.05, 0.1) is 5.52 Å². The highest BCUT2D eigenvalue weighted by Gasteiger charge is 2.11. The van der Waals surface area contributed by atoms with Gasteiger partial charge in [-0.1, -0.05) is 12.1 Å². The van der Waals surface area contributed by atoms with E-state index in [4.69, 9.17) is 5.53 Å². The van der Waals surface area contributed by atoms with Crippen LogP contribution in [0.1, 0.15) is 10.4 Å². The number of carbonyl (C=O) groups is 1. The van der Waals surface area contributed by atoms with Gasteiger partial charge >= 0.3 is 0 Å². The van der Waals surface area contributed by atoms with Crippen molar-refractivity contribution in [3.05, 3.63) is 44.9 Å². The fourth-order valence-electron chi connectivity index (χ4n) is 1.39. The molecular formula is C9H5BrN4O. The second kappa shape index (κ2) is 3.76. The number of H-pyrrole nitrogens is 1. The molecule has 1 heterocycles. The zero-order chi connectivity index (χ0) is 10.8. The van der Waals surface area contributed by atoms with Crippen molar-refractivity contribution in [1.82, 2.24) is 4.98 Å². The number of halogens is 1. The minimum Gasteiger partial charge on any atom is -0.360 e. The fraction of sp³-hybridized carbons (Fsp3) is 0. The van der Waals surface area contributed by atoms with Crippen LogP contribution < -0.4 is 0 Å². The van der Waals surface area contributed by atoms with Crippen LogP contribution in [-0.2, 0) is 0 Å². The number of benzene rings is 1. The number of carbonyl (C=O) groups excluding carboxylic acids is 1. The van der Waals surface area contributed by atoms with Crippen molar-refractivity contribution >= 4 is 32.7 Å². The van der Waals surface area contributed by atoms with Crippen molar-refractivity contribution in [2.75, 3.05) is 0 Å². The minimum atomic E-state index is -0.582. The molecule has 2 aromatic rings. The Morgan fingerprint density at radius 2 is 2.33 bits per heavy atom. The maximum atomic E-state index is 11.4. The molecule has 0 aliphatic carbocycles. The molecule has 0 unspecified atom stereocenters. The molecule has 0 saturated carbocycles. The van der Waals surface area contributed by atoms with E-state index in [1.165, 1.54) is 6.20 Å². The van der Waals surface area contributed by atoms with Crippen LogP contribution in [0, 0.1) is 0 Å². The number of amides is 1. The van der Waals surface area contributed by atoms with Gasteiger partial charge in [-0.05, 0) is 32.6 Å². The first kappa shape index (κ1) is 9.76. The highest BCUT2D eigenvalue weighted by molar-refractivity contribution is 9.10. The molecule has 0 aliphatic heterocycles. The van der Waals surface area contributed by atoms with Crippen LogP contribution in [0.15, 0.2) is 34.0 Å². The molecule has 1 aromatic heterocycles. The van der Waals surface area contributed by atoms with Gasteiger partial charge in [0.1, 0.15) is 0 Å². The fourth-order valence-corrected chi connectivity index (χ4v) is 1.87. The van der Waals surface area contributed by atoms with Gasteiger partial charge in [0.2, 0.25) is 0 Å². The Hall–Kier alpha value is -1.78. The lowest BCUT2D eigenvalue weighted by Crippen LogP contribution is -1.90. The maximum Gasteiger partial charge on any atom is 0.251 e. The zero-order valence-electron chi connectivity index (χ0n) is 7.44. The predicted octanol–water partition coefficient (Wildman–Crippen LogP) is 3.38. The number of nitrogens with zero attached hydrogens (tertiary/aromatic N) is 3. The van der Waals surface area contributed by atoms with E-state index in [9.17, 15) is 4.79 Å². The van der Waals surface area contributed by atoms with Crippen LogP contribution in [-0.4, -0.2) is 10.9 Å². The topological polar surface area (TPSA) is 81.6 Å². The Balaban J connectivity index is 2.69. The van der Waals surface area contributed by atoms with Gasteiger partial charge < -0.3 is 4.98 Å². The van der Waals surface area contributed by atoms with Crippen molar-refractivity contribution in [2.24, 2.45) is 5.11 Å². The van der Waals surface area contributed by atoms with Gasteiger partial charge in [-0.25, -0.2) is 0 Å². The Morgan fingerprint density at radius 1 is 1.53 bits per heavy atom. The van der Waals surface area contributed by atoms with Crippen molar-refractivity contribution in [3.63, 3.8) is 0 Å². The van der Waals surface area contributed by atoms with E-state index in [0.29, 0.717) is 5.56 Å². The number of aromatic amines is 1. The van der Waals surface area contributed by atoms with E-state index in [1.807, 2.05) is 12.1 Å². The SMILES string of the molecule is [N-]=[N+]=NC(=O)c1c[nH]c2c(Br)cccc12. The van der Waals surface area contributed by atoms with E-state index >= 15 is 0 Å². The molecule has 15 heavy (non-hydrogen) atoms. The van der Waals surface area contributed by atoms with Crippen LogP contribution in [0.2, 0.25) is 0 Å². The summed E-state index contributed by atoms with van der Waals surface area (Å²) in [6.07, 6.45) is 1.53. The molecule has 0 spiro atoms.